The highest BCUT2D eigenvalue weighted by atomic mass is 35.5. The van der Waals surface area contributed by atoms with Crippen molar-refractivity contribution in [1.29, 1.82) is 0 Å². The molecular weight excluding hydrogens is 579 g/mol. The molecule has 1 aliphatic carbocycles. The molecule has 0 bridgehead atoms. The Morgan fingerprint density at radius 1 is 1.02 bits per heavy atom. The molecule has 10 heteroatoms. The van der Waals surface area contributed by atoms with Crippen molar-refractivity contribution in [2.45, 2.75) is 94.5 Å². The molecule has 3 aromatic rings. The number of imidazole rings is 1. The second-order valence-corrected chi connectivity index (χ2v) is 14.8. The SMILES string of the molecule is CC(C)n1cnc2cc(-c3ccc4c(c3)N(C3CC(N5CCCC(C)(F)C5)C3)C(=O)C43CCN(C4COC4)CC3)nc(Cl)c21. The van der Waals surface area contributed by atoms with E-state index in [4.69, 9.17) is 21.3 Å². The van der Waals surface area contributed by atoms with Crippen molar-refractivity contribution in [2.75, 3.05) is 44.3 Å². The third kappa shape index (κ3) is 4.52. The number of alkyl halides is 1. The van der Waals surface area contributed by atoms with Crippen LogP contribution in [0.3, 0.4) is 0 Å². The number of pyridine rings is 1. The number of aromatic nitrogens is 3. The number of halogens is 2. The van der Waals surface area contributed by atoms with Crippen LogP contribution in [-0.2, 0) is 14.9 Å². The summed E-state index contributed by atoms with van der Waals surface area (Å²) in [5.74, 6) is 0.240. The number of hydrogen-bond acceptors (Lipinski definition) is 6. The number of piperidine rings is 2. The van der Waals surface area contributed by atoms with Gasteiger partial charge in [-0.05, 0) is 96.6 Å². The lowest BCUT2D eigenvalue weighted by atomic mass is 9.73. The zero-order valence-electron chi connectivity index (χ0n) is 25.9. The van der Waals surface area contributed by atoms with Crippen LogP contribution in [0.15, 0.2) is 30.6 Å². The van der Waals surface area contributed by atoms with E-state index < -0.39 is 11.1 Å². The van der Waals surface area contributed by atoms with Gasteiger partial charge in [0.05, 0.1) is 42.2 Å². The van der Waals surface area contributed by atoms with Gasteiger partial charge in [0.1, 0.15) is 11.2 Å². The van der Waals surface area contributed by atoms with Crippen molar-refractivity contribution < 1.29 is 13.9 Å². The van der Waals surface area contributed by atoms with Crippen LogP contribution in [0.4, 0.5) is 10.1 Å². The number of carbonyl (C=O) groups is 1. The van der Waals surface area contributed by atoms with Crippen LogP contribution < -0.4 is 4.90 Å². The number of nitrogens with zero attached hydrogens (tertiary/aromatic N) is 6. The van der Waals surface area contributed by atoms with Crippen LogP contribution in [0.1, 0.15) is 70.9 Å². The molecule has 5 aliphatic rings. The van der Waals surface area contributed by atoms with Crippen molar-refractivity contribution in [2.24, 2.45) is 0 Å². The lowest BCUT2D eigenvalue weighted by molar-refractivity contribution is -0.128. The van der Waals surface area contributed by atoms with Gasteiger partial charge in [-0.3, -0.25) is 14.6 Å². The first-order valence-electron chi connectivity index (χ1n) is 16.4. The highest BCUT2D eigenvalue weighted by molar-refractivity contribution is 6.34. The number of anilines is 1. The molecule has 1 saturated carbocycles. The Balaban J connectivity index is 1.13. The average molecular weight is 621 g/mol. The second kappa shape index (κ2) is 10.5. The van der Waals surface area contributed by atoms with E-state index in [1.165, 1.54) is 0 Å². The first kappa shape index (κ1) is 28.9. The van der Waals surface area contributed by atoms with Crippen LogP contribution in [0.25, 0.3) is 22.3 Å². The molecular formula is C34H42ClFN6O2. The Morgan fingerprint density at radius 3 is 2.48 bits per heavy atom. The molecule has 8 nitrogen and oxygen atoms in total. The van der Waals surface area contributed by atoms with Gasteiger partial charge in [-0.25, -0.2) is 14.4 Å². The largest absolute Gasteiger partial charge is 0.378 e. The van der Waals surface area contributed by atoms with E-state index in [-0.39, 0.29) is 18.0 Å². The van der Waals surface area contributed by atoms with Gasteiger partial charge in [-0.1, -0.05) is 23.7 Å². The molecule has 4 aliphatic heterocycles. The van der Waals surface area contributed by atoms with Gasteiger partial charge in [-0.2, -0.15) is 0 Å². The van der Waals surface area contributed by atoms with Gasteiger partial charge in [-0.15, -0.1) is 0 Å². The Bertz CT molecular complexity index is 1600. The zero-order valence-corrected chi connectivity index (χ0v) is 26.7. The molecule has 1 unspecified atom stereocenters. The number of hydrogen-bond donors (Lipinski definition) is 0. The summed E-state index contributed by atoms with van der Waals surface area (Å²) in [5.41, 5.74) is 3.87. The highest BCUT2D eigenvalue weighted by Gasteiger charge is 2.56. The van der Waals surface area contributed by atoms with Crippen LogP contribution in [0.5, 0.6) is 0 Å². The summed E-state index contributed by atoms with van der Waals surface area (Å²) < 4.78 is 22.4. The maximum Gasteiger partial charge on any atom is 0.238 e. The lowest BCUT2D eigenvalue weighted by Gasteiger charge is -2.50. The van der Waals surface area contributed by atoms with E-state index in [0.717, 1.165) is 98.5 Å². The van der Waals surface area contributed by atoms with E-state index in [0.29, 0.717) is 30.2 Å². The summed E-state index contributed by atoms with van der Waals surface area (Å²) in [5, 5.41) is 0.434. The molecule has 0 radical (unpaired) electrons. The number of amides is 1. The smallest absolute Gasteiger partial charge is 0.238 e. The first-order chi connectivity index (χ1) is 21.1. The first-order valence-corrected chi connectivity index (χ1v) is 16.8. The van der Waals surface area contributed by atoms with E-state index in [1.807, 2.05) is 17.0 Å². The lowest BCUT2D eigenvalue weighted by Crippen LogP contribution is -2.60. The molecule has 3 saturated heterocycles. The number of carbonyl (C=O) groups excluding carboxylic acids is 1. The molecule has 8 rings (SSSR count). The minimum atomic E-state index is -1.13. The van der Waals surface area contributed by atoms with E-state index in [9.17, 15) is 9.18 Å². The van der Waals surface area contributed by atoms with Crippen LogP contribution in [-0.4, -0.2) is 93.4 Å². The predicted molar refractivity (Wildman–Crippen MR) is 170 cm³/mol. The van der Waals surface area contributed by atoms with E-state index >= 15 is 0 Å². The molecule has 2 aromatic heterocycles. The van der Waals surface area contributed by atoms with Gasteiger partial charge in [0, 0.05) is 35.9 Å². The average Bonchev–Trinajstić information content (AvgIpc) is 3.47. The van der Waals surface area contributed by atoms with Crippen LogP contribution in [0, 0.1) is 0 Å². The van der Waals surface area contributed by atoms with Crippen molar-refractivity contribution in [3.63, 3.8) is 0 Å². The topological polar surface area (TPSA) is 66.7 Å². The maximum atomic E-state index is 14.9. The Morgan fingerprint density at radius 2 is 1.80 bits per heavy atom. The summed E-state index contributed by atoms with van der Waals surface area (Å²) in [7, 11) is 0. The van der Waals surface area contributed by atoms with Crippen LogP contribution in [0.2, 0.25) is 5.15 Å². The molecule has 44 heavy (non-hydrogen) atoms. The van der Waals surface area contributed by atoms with Gasteiger partial charge >= 0.3 is 0 Å². The number of rotatable bonds is 5. The highest BCUT2D eigenvalue weighted by Crippen LogP contribution is 2.52. The summed E-state index contributed by atoms with van der Waals surface area (Å²) in [4.78, 5) is 31.0. The van der Waals surface area contributed by atoms with Crippen molar-refractivity contribution in [1.82, 2.24) is 24.3 Å². The number of likely N-dealkylation sites (tertiary alicyclic amines) is 2. The number of benzene rings is 1. The van der Waals surface area contributed by atoms with Crippen molar-refractivity contribution >= 4 is 34.2 Å². The minimum absolute atomic E-state index is 0.118. The van der Waals surface area contributed by atoms with Crippen LogP contribution >= 0.6 is 11.6 Å². The van der Waals surface area contributed by atoms with Gasteiger partial charge < -0.3 is 14.2 Å². The van der Waals surface area contributed by atoms with Gasteiger partial charge in [0.2, 0.25) is 5.91 Å². The maximum absolute atomic E-state index is 14.9. The van der Waals surface area contributed by atoms with Crippen molar-refractivity contribution in [3.05, 3.63) is 41.3 Å². The Labute approximate surface area is 263 Å². The molecule has 1 spiro atoms. The summed E-state index contributed by atoms with van der Waals surface area (Å²) in [6, 6.07) is 9.58. The molecule has 4 fully saturated rings. The van der Waals surface area contributed by atoms with Crippen molar-refractivity contribution in [3.8, 4) is 11.3 Å². The fourth-order valence-electron chi connectivity index (χ4n) is 8.47. The minimum Gasteiger partial charge on any atom is -0.378 e. The molecule has 1 aromatic carbocycles. The molecule has 1 atom stereocenters. The third-order valence-electron chi connectivity index (χ3n) is 11.2. The zero-order chi connectivity index (χ0) is 30.4. The quantitative estimate of drug-likeness (QED) is 0.338. The standard InChI is InChI=1S/C34H42ClFN6O2/c1-21(2)41-20-37-28-16-27(38-31(35)30(28)41)22-5-6-26-29(13-22)42(24-14-23(15-24)40-10-4-7-33(3,36)19-40)32(43)34(26)8-11-39(12-9-34)25-17-44-18-25/h5-6,13,16,20-21,23-25H,4,7-12,14-15,17-19H2,1-3H3. The number of ether oxygens (including phenoxy) is 1. The molecule has 0 N–H and O–H groups in total. The molecule has 234 valence electrons. The monoisotopic (exact) mass is 620 g/mol. The van der Waals surface area contributed by atoms with Gasteiger partial charge in [0.25, 0.3) is 0 Å². The van der Waals surface area contributed by atoms with Gasteiger partial charge in [0.15, 0.2) is 5.15 Å². The normalized spacial score (nSPS) is 29.4. The Kier molecular flexibility index (Phi) is 6.87. The third-order valence-corrected chi connectivity index (χ3v) is 11.5. The molecule has 6 heterocycles. The molecule has 1 amide bonds. The fraction of sp³-hybridized carbons (Fsp3) is 0.618. The predicted octanol–water partition coefficient (Wildman–Crippen LogP) is 5.77. The summed E-state index contributed by atoms with van der Waals surface area (Å²) in [6.45, 7) is 10.8. The van der Waals surface area contributed by atoms with E-state index in [1.54, 1.807) is 6.92 Å². The number of fused-ring (bicyclic) bond motifs is 3. The Hall–Kier alpha value is -2.59. The summed E-state index contributed by atoms with van der Waals surface area (Å²) >= 11 is 6.75. The van der Waals surface area contributed by atoms with E-state index in [2.05, 4.69) is 51.7 Å². The second-order valence-electron chi connectivity index (χ2n) is 14.4. The summed E-state index contributed by atoms with van der Waals surface area (Å²) in [6.07, 6.45) is 6.75. The fourth-order valence-corrected chi connectivity index (χ4v) is 8.75.